The first-order valence-electron chi connectivity index (χ1n) is 24.7. The van der Waals surface area contributed by atoms with E-state index < -0.39 is 202 Å². The minimum Gasteiger partial charge on any atom is -0.463 e. The van der Waals surface area contributed by atoms with Crippen molar-refractivity contribution in [3.8, 4) is 0 Å². The highest BCUT2D eigenvalue weighted by molar-refractivity contribution is 5.71. The van der Waals surface area contributed by atoms with Crippen LogP contribution in [0, 0.1) is 0 Å². The second-order valence-corrected chi connectivity index (χ2v) is 18.3. The summed E-state index contributed by atoms with van der Waals surface area (Å²) in [7, 11) is 0. The number of hydrogen-bond acceptors (Lipinski definition) is 30. The molecule has 3 rings (SSSR count). The first-order chi connectivity index (χ1) is 36.8. The molecule has 0 N–H and O–H groups in total. The Kier molecular flexibility index (Phi) is 26.4. The molecule has 3 aliphatic heterocycles. The Hall–Kier alpha value is -6.60. The summed E-state index contributed by atoms with van der Waals surface area (Å²) in [5.74, 6) is -10.8. The van der Waals surface area contributed by atoms with Crippen LogP contribution in [0.3, 0.4) is 0 Å². The maximum absolute atomic E-state index is 12.8. The monoisotopic (exact) mass is 1140 g/mol. The van der Waals surface area contributed by atoms with Crippen molar-refractivity contribution in [3.63, 3.8) is 0 Å². The third-order valence-corrected chi connectivity index (χ3v) is 11.1. The fraction of sp³-hybridized carbons (Fsp3) is 0.755. The zero-order valence-corrected chi connectivity index (χ0v) is 46.2. The largest absolute Gasteiger partial charge is 0.463 e. The molecule has 0 aromatic rings. The van der Waals surface area contributed by atoms with Gasteiger partial charge in [-0.2, -0.15) is 0 Å². The van der Waals surface area contributed by atoms with Gasteiger partial charge in [-0.3, -0.25) is 57.5 Å². The molecule has 30 nitrogen and oxygen atoms in total. The number of rotatable bonds is 25. The summed E-state index contributed by atoms with van der Waals surface area (Å²) in [5.41, 5.74) is 0. The molecule has 3 saturated heterocycles. The molecule has 446 valence electrons. The number of ether oxygens (including phenoxy) is 18. The van der Waals surface area contributed by atoms with Crippen molar-refractivity contribution >= 4 is 71.6 Å². The van der Waals surface area contributed by atoms with E-state index in [9.17, 15) is 57.5 Å². The molecule has 0 spiro atoms. The van der Waals surface area contributed by atoms with Crippen molar-refractivity contribution in [1.82, 2.24) is 0 Å². The molecule has 0 aliphatic carbocycles. The fourth-order valence-corrected chi connectivity index (χ4v) is 8.60. The molecule has 79 heavy (non-hydrogen) atoms. The SMILES string of the molecule is CC(=O)OC[C@H]1O[C@H](OC(C)CC(CC(C)O[C@H]2O[C@H](COC(C)=O)[C@@H](OC(C)=O)[C@H](OC(C)=O)[C@@H]2OC(C)=O)O[C@H]2O[C@H](COC(C)=O)[C@@H](OC(C)=O)[C@H](OC(C)=O)[C@@H]2OC(C)=O)[C@@H](OC(C)=O)[C@@H](OC(C)=O)[C@@H]1OC(C)=O. The second-order valence-electron chi connectivity index (χ2n) is 18.3. The lowest BCUT2D eigenvalue weighted by atomic mass is 9.97. The summed E-state index contributed by atoms with van der Waals surface area (Å²) in [4.78, 5) is 149. The molecule has 0 saturated carbocycles. The van der Waals surface area contributed by atoms with Crippen molar-refractivity contribution in [3.05, 3.63) is 0 Å². The van der Waals surface area contributed by atoms with E-state index in [2.05, 4.69) is 0 Å². The summed E-state index contributed by atoms with van der Waals surface area (Å²) >= 11 is 0. The topological polar surface area (TPSA) is 371 Å². The smallest absolute Gasteiger partial charge is 0.303 e. The minimum absolute atomic E-state index is 0.341. The van der Waals surface area contributed by atoms with Crippen LogP contribution >= 0.6 is 0 Å². The van der Waals surface area contributed by atoms with E-state index in [1.54, 1.807) is 0 Å². The Bertz CT molecular complexity index is 2080. The van der Waals surface area contributed by atoms with Crippen LogP contribution in [0.2, 0.25) is 0 Å². The fourth-order valence-electron chi connectivity index (χ4n) is 8.60. The molecule has 2 unspecified atom stereocenters. The van der Waals surface area contributed by atoms with Crippen LogP contribution in [0.4, 0.5) is 0 Å². The molecule has 0 radical (unpaired) electrons. The van der Waals surface area contributed by atoms with E-state index in [1.165, 1.54) is 13.8 Å². The molecule has 0 aromatic carbocycles. The third-order valence-electron chi connectivity index (χ3n) is 11.1. The number of carbonyl (C=O) groups is 12. The molecule has 0 aromatic heterocycles. The van der Waals surface area contributed by atoms with Crippen molar-refractivity contribution in [2.45, 2.75) is 220 Å². The van der Waals surface area contributed by atoms with Gasteiger partial charge in [0.15, 0.2) is 73.8 Å². The number of carbonyl (C=O) groups excluding carboxylic acids is 12. The van der Waals surface area contributed by atoms with E-state index in [4.69, 9.17) is 85.3 Å². The predicted octanol–water partition coefficient (Wildman–Crippen LogP) is 0.211. The maximum Gasteiger partial charge on any atom is 0.303 e. The lowest BCUT2D eigenvalue weighted by Crippen LogP contribution is -2.64. The van der Waals surface area contributed by atoms with Crippen molar-refractivity contribution in [2.24, 2.45) is 0 Å². The first kappa shape index (κ1) is 66.7. The van der Waals surface area contributed by atoms with Crippen molar-refractivity contribution in [1.29, 1.82) is 0 Å². The minimum atomic E-state index is -1.83. The van der Waals surface area contributed by atoms with E-state index >= 15 is 0 Å². The number of esters is 12. The van der Waals surface area contributed by atoms with Gasteiger partial charge in [0.05, 0.1) is 18.3 Å². The van der Waals surface area contributed by atoms with Gasteiger partial charge in [0, 0.05) is 83.1 Å². The summed E-state index contributed by atoms with van der Waals surface area (Å²) in [5, 5.41) is 0. The Morgan fingerprint density at radius 1 is 0.291 bits per heavy atom. The molecule has 3 fully saturated rings. The van der Waals surface area contributed by atoms with Crippen LogP contribution in [0.5, 0.6) is 0 Å². The summed E-state index contributed by atoms with van der Waals surface area (Å²) in [6.07, 6.45) is -28.9. The Morgan fingerprint density at radius 2 is 0.494 bits per heavy atom. The van der Waals surface area contributed by atoms with Crippen LogP contribution in [0.15, 0.2) is 0 Å². The third kappa shape index (κ3) is 22.2. The molecule has 17 atom stereocenters. The Morgan fingerprint density at radius 3 is 0.709 bits per heavy atom. The summed E-state index contributed by atoms with van der Waals surface area (Å²) in [6, 6.07) is 0. The van der Waals surface area contributed by atoms with Crippen LogP contribution in [0.1, 0.15) is 110 Å². The van der Waals surface area contributed by atoms with Crippen LogP contribution < -0.4 is 0 Å². The van der Waals surface area contributed by atoms with E-state index in [0.717, 1.165) is 83.1 Å². The van der Waals surface area contributed by atoms with Gasteiger partial charge in [-0.05, 0) is 26.7 Å². The lowest BCUT2D eigenvalue weighted by molar-refractivity contribution is -0.331. The van der Waals surface area contributed by atoms with Crippen LogP contribution in [-0.4, -0.2) is 202 Å². The van der Waals surface area contributed by atoms with Crippen LogP contribution in [-0.2, 0) is 143 Å². The first-order valence-corrected chi connectivity index (χ1v) is 24.7. The van der Waals surface area contributed by atoms with Gasteiger partial charge >= 0.3 is 71.6 Å². The Labute approximate surface area is 453 Å². The number of hydrogen-bond donors (Lipinski definition) is 0. The molecule has 0 bridgehead atoms. The molecule has 0 amide bonds. The van der Waals surface area contributed by atoms with Gasteiger partial charge < -0.3 is 85.3 Å². The molecular formula is C49H70O30. The van der Waals surface area contributed by atoms with E-state index in [-0.39, 0.29) is 12.8 Å². The van der Waals surface area contributed by atoms with E-state index in [1.807, 2.05) is 0 Å². The van der Waals surface area contributed by atoms with Gasteiger partial charge in [0.25, 0.3) is 0 Å². The summed E-state index contributed by atoms with van der Waals surface area (Å²) < 4.78 is 103. The second kappa shape index (κ2) is 31.3. The predicted molar refractivity (Wildman–Crippen MR) is 251 cm³/mol. The van der Waals surface area contributed by atoms with Gasteiger partial charge in [-0.25, -0.2) is 0 Å². The molecule has 30 heteroatoms. The maximum atomic E-state index is 12.8. The van der Waals surface area contributed by atoms with Crippen LogP contribution in [0.25, 0.3) is 0 Å². The quantitative estimate of drug-likeness (QED) is 0.0871. The molecule has 3 aliphatic rings. The molecular weight excluding hydrogens is 1070 g/mol. The highest BCUT2D eigenvalue weighted by Gasteiger charge is 2.57. The van der Waals surface area contributed by atoms with Gasteiger partial charge in [-0.1, -0.05) is 0 Å². The van der Waals surface area contributed by atoms with E-state index in [0.29, 0.717) is 0 Å². The van der Waals surface area contributed by atoms with Gasteiger partial charge in [-0.15, -0.1) is 0 Å². The van der Waals surface area contributed by atoms with Gasteiger partial charge in [0.1, 0.15) is 38.1 Å². The summed E-state index contributed by atoms with van der Waals surface area (Å²) in [6.45, 7) is 13.5. The van der Waals surface area contributed by atoms with Crippen molar-refractivity contribution < 1.29 is 143 Å². The highest BCUT2D eigenvalue weighted by atomic mass is 16.8. The molecule has 3 heterocycles. The van der Waals surface area contributed by atoms with Gasteiger partial charge in [0.2, 0.25) is 0 Å². The zero-order chi connectivity index (χ0) is 59.6. The average Bonchev–Trinajstić information content (AvgIpc) is 3.28. The lowest BCUT2D eigenvalue weighted by Gasteiger charge is -2.46. The highest BCUT2D eigenvalue weighted by Crippen LogP contribution is 2.36. The zero-order valence-electron chi connectivity index (χ0n) is 46.2. The average molecular weight is 1140 g/mol. The Balaban J connectivity index is 2.25. The normalized spacial score (nSPS) is 29.5. The standard InChI is InChI=1S/C49H70O30/c1-20(65-47-44(73-31(12)59)41(70-28(9)56)38(67-25(6)53)35(77-47)17-62-22(3)50)15-34(76-49-46(75-33(14)61)43(72-30(11)58)40(69-27(8)55)37(79-49)19-64-24(5)52)16-21(2)66-48-45(74-32(13)60)42(71-29(10)57)39(68-26(7)54)36(78-48)18-63-23(4)51/h20-21,34-49H,15-19H2,1-14H3/t20?,21?,34?,35-,36-,37-,38-,39-,40-,41+,42+,43+,44+,45+,46+,47+,48+,49+/m1/s1. The van der Waals surface area contributed by atoms with Crippen molar-refractivity contribution in [2.75, 3.05) is 19.8 Å².